The molecule has 1 saturated heterocycles. The Balaban J connectivity index is 2.43. The molecule has 1 aliphatic heterocycles. The van der Waals surface area contributed by atoms with Gasteiger partial charge in [0.2, 0.25) is 0 Å². The number of anilines is 1. The minimum atomic E-state index is 0.434. The van der Waals surface area contributed by atoms with Gasteiger partial charge in [-0.05, 0) is 30.5 Å². The number of nitrogens with zero attached hydrogens (tertiary/aromatic N) is 1. The van der Waals surface area contributed by atoms with Crippen LogP contribution in [0.2, 0.25) is 10.0 Å². The minimum Gasteiger partial charge on any atom is -0.315 e. The Labute approximate surface area is 103 Å². The normalized spacial score (nSPS) is 15.7. The van der Waals surface area contributed by atoms with Gasteiger partial charge in [-0.2, -0.15) is 0 Å². The van der Waals surface area contributed by atoms with Gasteiger partial charge in [0, 0.05) is 17.9 Å². The van der Waals surface area contributed by atoms with Crippen molar-refractivity contribution >= 4 is 47.1 Å². The third kappa shape index (κ3) is 2.25. The molecule has 1 aliphatic rings. The van der Waals surface area contributed by atoms with E-state index in [9.17, 15) is 4.79 Å². The molecule has 0 spiro atoms. The van der Waals surface area contributed by atoms with Gasteiger partial charge in [0.1, 0.15) is 6.29 Å². The van der Waals surface area contributed by atoms with E-state index in [2.05, 4.69) is 4.31 Å². The van der Waals surface area contributed by atoms with Crippen molar-refractivity contribution in [3.05, 3.63) is 27.7 Å². The number of carbonyl (C=O) groups is 1. The lowest BCUT2D eigenvalue weighted by atomic mass is 10.2. The number of aldehydes is 1. The number of carbonyl (C=O) groups excluding carboxylic acids is 1. The smallest absolute Gasteiger partial charge is 0.150 e. The van der Waals surface area contributed by atoms with Crippen LogP contribution in [0.25, 0.3) is 0 Å². The first-order chi connectivity index (χ1) is 7.22. The largest absolute Gasteiger partial charge is 0.315 e. The zero-order valence-corrected chi connectivity index (χ0v) is 10.2. The highest BCUT2D eigenvalue weighted by Crippen LogP contribution is 2.38. The van der Waals surface area contributed by atoms with E-state index in [0.717, 1.165) is 30.7 Å². The third-order valence-electron chi connectivity index (χ3n) is 2.19. The maximum atomic E-state index is 10.7. The van der Waals surface area contributed by atoms with Crippen molar-refractivity contribution < 1.29 is 4.79 Å². The third-order valence-corrected chi connectivity index (χ3v) is 4.14. The number of hydrogen-bond acceptors (Lipinski definition) is 3. The summed E-state index contributed by atoms with van der Waals surface area (Å²) in [6.45, 7) is 0.947. The fourth-order valence-corrected chi connectivity index (χ4v) is 2.99. The topological polar surface area (TPSA) is 20.3 Å². The van der Waals surface area contributed by atoms with Crippen molar-refractivity contribution in [3.63, 3.8) is 0 Å². The number of benzene rings is 1. The van der Waals surface area contributed by atoms with Gasteiger partial charge in [0.15, 0.2) is 0 Å². The van der Waals surface area contributed by atoms with Gasteiger partial charge in [-0.3, -0.25) is 4.79 Å². The molecule has 1 heterocycles. The van der Waals surface area contributed by atoms with Crippen molar-refractivity contribution in [2.24, 2.45) is 0 Å². The maximum Gasteiger partial charge on any atom is 0.150 e. The zero-order chi connectivity index (χ0) is 10.8. The van der Waals surface area contributed by atoms with Gasteiger partial charge >= 0.3 is 0 Å². The van der Waals surface area contributed by atoms with Gasteiger partial charge in [-0.1, -0.05) is 23.2 Å². The molecule has 1 fully saturated rings. The lowest BCUT2D eigenvalue weighted by Crippen LogP contribution is -2.09. The first kappa shape index (κ1) is 11.1. The second-order valence-electron chi connectivity index (χ2n) is 3.24. The molecule has 0 unspecified atom stereocenters. The van der Waals surface area contributed by atoms with Crippen LogP contribution in [0.1, 0.15) is 16.8 Å². The van der Waals surface area contributed by atoms with Gasteiger partial charge in [0.05, 0.1) is 15.7 Å². The standard InChI is InChI=1S/C10H9Cl2NOS/c11-8-4-7(6-14)5-9(10(8)12)13-2-1-3-15-13/h4-6H,1-3H2. The lowest BCUT2D eigenvalue weighted by molar-refractivity contribution is 0.112. The fraction of sp³-hybridized carbons (Fsp3) is 0.300. The summed E-state index contributed by atoms with van der Waals surface area (Å²) in [5.74, 6) is 1.08. The van der Waals surface area contributed by atoms with Crippen LogP contribution in [0.3, 0.4) is 0 Å². The Hall–Kier alpha value is -0.380. The fourth-order valence-electron chi connectivity index (χ4n) is 1.48. The average Bonchev–Trinajstić information content (AvgIpc) is 2.75. The number of hydrogen-bond donors (Lipinski definition) is 0. The summed E-state index contributed by atoms with van der Waals surface area (Å²) in [6, 6.07) is 3.36. The molecule has 0 aromatic heterocycles. The molecule has 1 aromatic rings. The van der Waals surface area contributed by atoms with Crippen LogP contribution in [0.5, 0.6) is 0 Å². The highest BCUT2D eigenvalue weighted by Gasteiger charge is 2.18. The van der Waals surface area contributed by atoms with E-state index >= 15 is 0 Å². The zero-order valence-electron chi connectivity index (χ0n) is 7.87. The van der Waals surface area contributed by atoms with Crippen LogP contribution in [0, 0.1) is 0 Å². The maximum absolute atomic E-state index is 10.7. The van der Waals surface area contributed by atoms with Crippen LogP contribution >= 0.6 is 35.1 Å². The molecule has 5 heteroatoms. The Morgan fingerprint density at radius 1 is 1.40 bits per heavy atom. The van der Waals surface area contributed by atoms with Crippen molar-refractivity contribution in [2.45, 2.75) is 6.42 Å². The Bertz CT molecular complexity index is 391. The molecule has 2 rings (SSSR count). The van der Waals surface area contributed by atoms with E-state index in [4.69, 9.17) is 23.2 Å². The van der Waals surface area contributed by atoms with Crippen LogP contribution in [-0.4, -0.2) is 18.6 Å². The van der Waals surface area contributed by atoms with Gasteiger partial charge in [0.25, 0.3) is 0 Å². The van der Waals surface area contributed by atoms with Crippen molar-refractivity contribution in [1.82, 2.24) is 0 Å². The highest BCUT2D eigenvalue weighted by molar-refractivity contribution is 8.00. The van der Waals surface area contributed by atoms with Crippen LogP contribution in [0.4, 0.5) is 5.69 Å². The summed E-state index contributed by atoms with van der Waals surface area (Å²) in [6.07, 6.45) is 1.91. The van der Waals surface area contributed by atoms with Gasteiger partial charge in [-0.15, -0.1) is 0 Å². The van der Waals surface area contributed by atoms with E-state index in [1.54, 1.807) is 24.1 Å². The Morgan fingerprint density at radius 3 is 2.80 bits per heavy atom. The van der Waals surface area contributed by atoms with Crippen LogP contribution < -0.4 is 4.31 Å². The molecule has 80 valence electrons. The molecular weight excluding hydrogens is 253 g/mol. The van der Waals surface area contributed by atoms with Gasteiger partial charge < -0.3 is 4.31 Å². The summed E-state index contributed by atoms with van der Waals surface area (Å²) in [4.78, 5) is 10.7. The van der Waals surface area contributed by atoms with Crippen LogP contribution in [0.15, 0.2) is 12.1 Å². The second-order valence-corrected chi connectivity index (χ2v) is 5.13. The summed E-state index contributed by atoms with van der Waals surface area (Å²) in [5.41, 5.74) is 1.40. The monoisotopic (exact) mass is 261 g/mol. The van der Waals surface area contributed by atoms with E-state index < -0.39 is 0 Å². The van der Waals surface area contributed by atoms with E-state index in [-0.39, 0.29) is 0 Å². The number of halogens is 2. The molecule has 0 saturated carbocycles. The predicted octanol–water partition coefficient (Wildman–Crippen LogP) is 3.66. The second kappa shape index (κ2) is 4.64. The molecule has 15 heavy (non-hydrogen) atoms. The summed E-state index contributed by atoms with van der Waals surface area (Å²) in [5, 5.41) is 0.959. The van der Waals surface area contributed by atoms with Crippen LogP contribution in [-0.2, 0) is 0 Å². The summed E-state index contributed by atoms with van der Waals surface area (Å²) >= 11 is 13.8. The molecule has 1 aromatic carbocycles. The average molecular weight is 262 g/mol. The minimum absolute atomic E-state index is 0.434. The molecule has 0 bridgehead atoms. The molecule has 0 amide bonds. The van der Waals surface area contributed by atoms with Gasteiger partial charge in [-0.25, -0.2) is 0 Å². The van der Waals surface area contributed by atoms with Crippen molar-refractivity contribution in [1.29, 1.82) is 0 Å². The van der Waals surface area contributed by atoms with Crippen molar-refractivity contribution in [2.75, 3.05) is 16.6 Å². The molecule has 0 aliphatic carbocycles. The Morgan fingerprint density at radius 2 is 2.20 bits per heavy atom. The van der Waals surface area contributed by atoms with E-state index in [0.29, 0.717) is 15.6 Å². The SMILES string of the molecule is O=Cc1cc(Cl)c(Cl)c(N2CCCS2)c1. The van der Waals surface area contributed by atoms with E-state index in [1.807, 2.05) is 0 Å². The predicted molar refractivity (Wildman–Crippen MR) is 66.3 cm³/mol. The molecule has 0 atom stereocenters. The Kier molecular flexibility index (Phi) is 3.44. The summed E-state index contributed by atoms with van der Waals surface area (Å²) in [7, 11) is 0. The lowest BCUT2D eigenvalue weighted by Gasteiger charge is -2.18. The number of rotatable bonds is 2. The van der Waals surface area contributed by atoms with Crippen molar-refractivity contribution in [3.8, 4) is 0 Å². The van der Waals surface area contributed by atoms with E-state index in [1.165, 1.54) is 0 Å². The highest BCUT2D eigenvalue weighted by atomic mass is 35.5. The first-order valence-corrected chi connectivity index (χ1v) is 6.27. The molecule has 2 nitrogen and oxygen atoms in total. The molecular formula is C10H9Cl2NOS. The first-order valence-electron chi connectivity index (χ1n) is 4.57. The summed E-state index contributed by atoms with van der Waals surface area (Å²) < 4.78 is 2.08. The molecule has 0 radical (unpaired) electrons. The molecule has 0 N–H and O–H groups in total. The quantitative estimate of drug-likeness (QED) is 0.599.